The zero-order valence-electron chi connectivity index (χ0n) is 15.6. The number of benzene rings is 1. The Morgan fingerprint density at radius 1 is 1.25 bits per heavy atom. The van der Waals surface area contributed by atoms with Gasteiger partial charge in [0.05, 0.1) is 19.1 Å². The second-order valence-electron chi connectivity index (χ2n) is 6.71. The lowest BCUT2D eigenvalue weighted by atomic mass is 9.91. The smallest absolute Gasteiger partial charge is 0.323 e. The van der Waals surface area contributed by atoms with Gasteiger partial charge in [-0.1, -0.05) is 12.1 Å². The number of hydrogen-bond donors (Lipinski definition) is 1. The van der Waals surface area contributed by atoms with Crippen LogP contribution in [0.15, 0.2) is 42.7 Å². The molecule has 28 heavy (non-hydrogen) atoms. The molecule has 1 N–H and O–H groups in total. The van der Waals surface area contributed by atoms with Crippen LogP contribution in [0, 0.1) is 17.6 Å². The third-order valence-corrected chi connectivity index (χ3v) is 5.11. The Hall–Kier alpha value is -2.87. The van der Waals surface area contributed by atoms with Gasteiger partial charge in [0, 0.05) is 24.5 Å². The van der Waals surface area contributed by atoms with E-state index in [0.717, 1.165) is 11.6 Å². The number of aromatic nitrogens is 1. The van der Waals surface area contributed by atoms with Crippen molar-refractivity contribution in [2.24, 2.45) is 5.92 Å². The Morgan fingerprint density at radius 2 is 1.96 bits per heavy atom. The molecule has 1 aromatic heterocycles. The Kier molecular flexibility index (Phi) is 5.99. The maximum atomic E-state index is 14.5. The van der Waals surface area contributed by atoms with E-state index in [4.69, 9.17) is 4.74 Å². The van der Waals surface area contributed by atoms with Crippen LogP contribution in [0.2, 0.25) is 0 Å². The minimum atomic E-state index is -1.02. The van der Waals surface area contributed by atoms with Crippen LogP contribution in [0.3, 0.4) is 0 Å². The minimum Gasteiger partial charge on any atom is -0.468 e. The van der Waals surface area contributed by atoms with Gasteiger partial charge in [-0.3, -0.25) is 19.5 Å². The standard InChI is InChI=1S/C20H21F2N3O3/c1-25-16(20(27)28-2)10-14(18(25)13-4-3-5-15(21)17(13)22)19(26)24-11-12-6-8-23-9-7-12/h3-9,14,16,18H,10-11H2,1-2H3,(H,24,26)/t14-,16-,18-/m1/s1. The molecule has 1 fully saturated rings. The lowest BCUT2D eigenvalue weighted by Gasteiger charge is -2.27. The molecule has 0 radical (unpaired) electrons. The van der Waals surface area contributed by atoms with Gasteiger partial charge in [0.2, 0.25) is 5.91 Å². The normalized spacial score (nSPS) is 22.1. The highest BCUT2D eigenvalue weighted by Gasteiger charge is 2.47. The molecule has 6 nitrogen and oxygen atoms in total. The number of ether oxygens (including phenoxy) is 1. The van der Waals surface area contributed by atoms with Gasteiger partial charge in [-0.05, 0) is 37.2 Å². The number of pyridine rings is 1. The molecule has 0 spiro atoms. The predicted molar refractivity (Wildman–Crippen MR) is 96.9 cm³/mol. The van der Waals surface area contributed by atoms with Crippen LogP contribution in [-0.2, 0) is 20.9 Å². The first-order chi connectivity index (χ1) is 13.4. The molecule has 0 aliphatic carbocycles. The summed E-state index contributed by atoms with van der Waals surface area (Å²) in [6.07, 6.45) is 3.37. The van der Waals surface area contributed by atoms with E-state index in [1.165, 1.54) is 19.2 Å². The molecule has 1 aliphatic heterocycles. The number of esters is 1. The topological polar surface area (TPSA) is 71.5 Å². The number of nitrogens with zero attached hydrogens (tertiary/aromatic N) is 2. The largest absolute Gasteiger partial charge is 0.468 e. The van der Waals surface area contributed by atoms with Crippen LogP contribution in [-0.4, -0.2) is 42.0 Å². The van der Waals surface area contributed by atoms with Crippen LogP contribution < -0.4 is 5.32 Å². The predicted octanol–water partition coefficient (Wildman–Crippen LogP) is 2.21. The van der Waals surface area contributed by atoms with E-state index in [-0.39, 0.29) is 24.4 Å². The van der Waals surface area contributed by atoms with Gasteiger partial charge in [0.1, 0.15) is 6.04 Å². The van der Waals surface area contributed by atoms with Crippen molar-refractivity contribution in [1.29, 1.82) is 0 Å². The molecule has 8 heteroatoms. The summed E-state index contributed by atoms with van der Waals surface area (Å²) < 4.78 is 33.1. The third-order valence-electron chi connectivity index (χ3n) is 5.11. The fourth-order valence-electron chi connectivity index (χ4n) is 3.67. The second-order valence-corrected chi connectivity index (χ2v) is 6.71. The molecule has 1 saturated heterocycles. The SMILES string of the molecule is COC(=O)[C@H]1C[C@@H](C(=O)NCc2ccncc2)[C@@H](c2cccc(F)c2F)N1C. The lowest BCUT2D eigenvalue weighted by molar-refractivity contribution is -0.145. The lowest BCUT2D eigenvalue weighted by Crippen LogP contribution is -2.36. The van der Waals surface area contributed by atoms with Crippen molar-refractivity contribution < 1.29 is 23.1 Å². The van der Waals surface area contributed by atoms with Crippen LogP contribution in [0.1, 0.15) is 23.6 Å². The summed E-state index contributed by atoms with van der Waals surface area (Å²) in [4.78, 5) is 30.5. The van der Waals surface area contributed by atoms with Crippen molar-refractivity contribution in [2.45, 2.75) is 25.0 Å². The minimum absolute atomic E-state index is 0.0398. The van der Waals surface area contributed by atoms with Crippen molar-refractivity contribution >= 4 is 11.9 Å². The first-order valence-corrected chi connectivity index (χ1v) is 8.84. The number of rotatable bonds is 5. The molecule has 0 bridgehead atoms. The molecular weight excluding hydrogens is 368 g/mol. The maximum absolute atomic E-state index is 14.5. The van der Waals surface area contributed by atoms with Crippen molar-refractivity contribution in [3.8, 4) is 0 Å². The van der Waals surface area contributed by atoms with Crippen molar-refractivity contribution in [3.05, 3.63) is 65.5 Å². The average Bonchev–Trinajstić information content (AvgIpc) is 3.05. The van der Waals surface area contributed by atoms with E-state index in [1.807, 2.05) is 0 Å². The molecule has 1 aromatic carbocycles. The third kappa shape index (κ3) is 3.87. The van der Waals surface area contributed by atoms with E-state index in [1.54, 1.807) is 36.5 Å². The Labute approximate surface area is 161 Å². The molecule has 148 valence electrons. The van der Waals surface area contributed by atoms with Crippen LogP contribution in [0.5, 0.6) is 0 Å². The van der Waals surface area contributed by atoms with E-state index in [2.05, 4.69) is 10.3 Å². The summed E-state index contributed by atoms with van der Waals surface area (Å²) in [6.45, 7) is 0.267. The van der Waals surface area contributed by atoms with Gasteiger partial charge < -0.3 is 10.1 Å². The highest BCUT2D eigenvalue weighted by Crippen LogP contribution is 2.41. The molecule has 1 aliphatic rings. The first kappa shape index (κ1) is 19.9. The molecule has 2 heterocycles. The summed E-state index contributed by atoms with van der Waals surface area (Å²) in [6, 6.07) is 5.85. The van der Waals surface area contributed by atoms with Crippen molar-refractivity contribution in [3.63, 3.8) is 0 Å². The molecule has 3 atom stereocenters. The van der Waals surface area contributed by atoms with Crippen molar-refractivity contribution in [1.82, 2.24) is 15.2 Å². The molecule has 0 unspecified atom stereocenters. The zero-order valence-corrected chi connectivity index (χ0v) is 15.6. The highest BCUT2D eigenvalue weighted by atomic mass is 19.2. The number of carbonyl (C=O) groups excluding carboxylic acids is 2. The fourth-order valence-corrected chi connectivity index (χ4v) is 3.67. The molecular formula is C20H21F2N3O3. The molecule has 1 amide bonds. The van der Waals surface area contributed by atoms with E-state index in [0.29, 0.717) is 0 Å². The number of likely N-dealkylation sites (N-methyl/N-ethyl adjacent to an activating group) is 1. The fraction of sp³-hybridized carbons (Fsp3) is 0.350. The average molecular weight is 389 g/mol. The van der Waals surface area contributed by atoms with Gasteiger partial charge in [0.25, 0.3) is 0 Å². The zero-order chi connectivity index (χ0) is 20.3. The molecule has 3 rings (SSSR count). The number of halogens is 2. The van der Waals surface area contributed by atoms with Crippen LogP contribution >= 0.6 is 0 Å². The Morgan fingerprint density at radius 3 is 2.64 bits per heavy atom. The van der Waals surface area contributed by atoms with E-state index < -0.39 is 35.6 Å². The van der Waals surface area contributed by atoms with Gasteiger partial charge in [0.15, 0.2) is 11.6 Å². The number of hydrogen-bond acceptors (Lipinski definition) is 5. The summed E-state index contributed by atoms with van der Waals surface area (Å²) in [5.41, 5.74) is 0.894. The maximum Gasteiger partial charge on any atom is 0.323 e. The summed E-state index contributed by atoms with van der Waals surface area (Å²) in [5.74, 6) is -3.62. The quantitative estimate of drug-likeness (QED) is 0.794. The highest BCUT2D eigenvalue weighted by molar-refractivity contribution is 5.83. The second kappa shape index (κ2) is 8.43. The number of methoxy groups -OCH3 is 1. The van der Waals surface area contributed by atoms with E-state index in [9.17, 15) is 18.4 Å². The van der Waals surface area contributed by atoms with Crippen molar-refractivity contribution in [2.75, 3.05) is 14.2 Å². The number of likely N-dealkylation sites (tertiary alicyclic amines) is 1. The summed E-state index contributed by atoms with van der Waals surface area (Å²) in [7, 11) is 2.86. The van der Waals surface area contributed by atoms with Crippen LogP contribution in [0.4, 0.5) is 8.78 Å². The Bertz CT molecular complexity index is 863. The number of nitrogens with one attached hydrogen (secondary N) is 1. The monoisotopic (exact) mass is 389 g/mol. The number of carbonyl (C=O) groups is 2. The molecule has 0 saturated carbocycles. The van der Waals surface area contributed by atoms with Gasteiger partial charge >= 0.3 is 5.97 Å². The number of amides is 1. The Balaban J connectivity index is 1.88. The summed E-state index contributed by atoms with van der Waals surface area (Å²) in [5, 5.41) is 2.81. The first-order valence-electron chi connectivity index (χ1n) is 8.84. The summed E-state index contributed by atoms with van der Waals surface area (Å²) >= 11 is 0. The van der Waals surface area contributed by atoms with Crippen LogP contribution in [0.25, 0.3) is 0 Å². The van der Waals surface area contributed by atoms with Gasteiger partial charge in [-0.2, -0.15) is 0 Å². The molecule has 2 aromatic rings. The van der Waals surface area contributed by atoms with Gasteiger partial charge in [-0.25, -0.2) is 8.78 Å². The van der Waals surface area contributed by atoms with E-state index >= 15 is 0 Å². The van der Waals surface area contributed by atoms with Gasteiger partial charge in [-0.15, -0.1) is 0 Å².